The van der Waals surface area contributed by atoms with Gasteiger partial charge in [0.15, 0.2) is 27.8 Å². The van der Waals surface area contributed by atoms with Crippen molar-refractivity contribution in [3.63, 3.8) is 0 Å². The Labute approximate surface area is 252 Å². The zero-order valence-corrected chi connectivity index (χ0v) is 25.7. The second-order valence-electron chi connectivity index (χ2n) is 9.41. The van der Waals surface area contributed by atoms with Crippen LogP contribution in [0.5, 0.6) is 23.0 Å². The summed E-state index contributed by atoms with van der Waals surface area (Å²) >= 11 is 7.65. The van der Waals surface area contributed by atoms with Gasteiger partial charge in [0.2, 0.25) is 0 Å². The van der Waals surface area contributed by atoms with Gasteiger partial charge >= 0.3 is 5.97 Å². The standard InChI is InChI=1S/C31H31ClN2O7S/c1-8-12-40-28-21(32)13-19(14-24(28)38-7)15-25-29(35)34-27(20-10-11-22(41-17(3)4)23(16-20)37-6)26(30(36)39-9-2)18(5)33-31(34)42-25/h1,10-11,13-17,27H,9,12H2,2-7H3. The first-order chi connectivity index (χ1) is 20.1. The number of hydrogen-bond acceptors (Lipinski definition) is 9. The molecule has 0 spiro atoms. The monoisotopic (exact) mass is 610 g/mol. The van der Waals surface area contributed by atoms with Gasteiger partial charge in [0, 0.05) is 0 Å². The molecule has 0 N–H and O–H groups in total. The number of halogens is 1. The number of ether oxygens (including phenoxy) is 5. The van der Waals surface area contributed by atoms with Gasteiger partial charge in [-0.25, -0.2) is 9.79 Å². The molecular weight excluding hydrogens is 580 g/mol. The molecule has 4 rings (SSSR count). The number of carbonyl (C=O) groups is 1. The van der Waals surface area contributed by atoms with Gasteiger partial charge in [-0.15, -0.1) is 6.42 Å². The van der Waals surface area contributed by atoms with E-state index in [9.17, 15) is 9.59 Å². The van der Waals surface area contributed by atoms with Crippen LogP contribution < -0.4 is 33.8 Å². The molecule has 1 atom stereocenters. The minimum absolute atomic E-state index is 0.0194. The van der Waals surface area contributed by atoms with Crippen LogP contribution in [0.1, 0.15) is 44.9 Å². The molecule has 2 heterocycles. The Morgan fingerprint density at radius 1 is 1.19 bits per heavy atom. The van der Waals surface area contributed by atoms with Crippen molar-refractivity contribution >= 4 is 35.0 Å². The number of esters is 1. The van der Waals surface area contributed by atoms with Gasteiger partial charge in [0.05, 0.1) is 53.8 Å². The van der Waals surface area contributed by atoms with E-state index in [1.807, 2.05) is 13.8 Å². The molecule has 3 aromatic rings. The Morgan fingerprint density at radius 3 is 2.57 bits per heavy atom. The maximum atomic E-state index is 14.0. The minimum atomic E-state index is -0.817. The van der Waals surface area contributed by atoms with Crippen molar-refractivity contribution in [3.8, 4) is 35.3 Å². The van der Waals surface area contributed by atoms with Crippen molar-refractivity contribution in [1.82, 2.24) is 4.57 Å². The Hall–Kier alpha value is -4.20. The number of carbonyl (C=O) groups excluding carboxylic acids is 1. The number of methoxy groups -OCH3 is 2. The van der Waals surface area contributed by atoms with Gasteiger partial charge in [0.1, 0.15) is 6.61 Å². The van der Waals surface area contributed by atoms with Crippen LogP contribution in [0.25, 0.3) is 6.08 Å². The average Bonchev–Trinajstić information content (AvgIpc) is 3.25. The highest BCUT2D eigenvalue weighted by Gasteiger charge is 2.34. The number of hydrogen-bond donors (Lipinski definition) is 0. The van der Waals surface area contributed by atoms with Crippen molar-refractivity contribution in [3.05, 3.63) is 77.4 Å². The number of terminal acetylenes is 1. The van der Waals surface area contributed by atoms with E-state index < -0.39 is 12.0 Å². The van der Waals surface area contributed by atoms with Gasteiger partial charge in [-0.1, -0.05) is 34.9 Å². The van der Waals surface area contributed by atoms with E-state index in [1.165, 1.54) is 30.1 Å². The van der Waals surface area contributed by atoms with Crippen molar-refractivity contribution in [1.29, 1.82) is 0 Å². The molecule has 0 aliphatic carbocycles. The summed E-state index contributed by atoms with van der Waals surface area (Å²) in [7, 11) is 3.02. The molecule has 0 saturated heterocycles. The number of nitrogens with zero attached hydrogens (tertiary/aromatic N) is 2. The van der Waals surface area contributed by atoms with E-state index in [0.29, 0.717) is 49.2 Å². The highest BCUT2D eigenvalue weighted by molar-refractivity contribution is 7.07. The van der Waals surface area contributed by atoms with Gasteiger partial charge in [-0.2, -0.15) is 0 Å². The number of fused-ring (bicyclic) bond motifs is 1. The Balaban J connectivity index is 1.92. The van der Waals surface area contributed by atoms with E-state index in [2.05, 4.69) is 10.9 Å². The number of rotatable bonds is 10. The Bertz CT molecular complexity index is 1760. The van der Waals surface area contributed by atoms with Crippen LogP contribution in [0.3, 0.4) is 0 Å². The molecule has 1 unspecified atom stereocenters. The Morgan fingerprint density at radius 2 is 1.93 bits per heavy atom. The lowest BCUT2D eigenvalue weighted by atomic mass is 9.95. The predicted molar refractivity (Wildman–Crippen MR) is 161 cm³/mol. The van der Waals surface area contributed by atoms with Crippen molar-refractivity contribution in [2.75, 3.05) is 27.4 Å². The third-order valence-electron chi connectivity index (χ3n) is 6.23. The first kappa shape index (κ1) is 30.8. The quantitative estimate of drug-likeness (QED) is 0.250. The average molecular weight is 611 g/mol. The van der Waals surface area contributed by atoms with E-state index in [1.54, 1.807) is 50.3 Å². The number of allylic oxidation sites excluding steroid dienone is 1. The van der Waals surface area contributed by atoms with Gasteiger partial charge in [-0.3, -0.25) is 9.36 Å². The molecule has 1 aromatic heterocycles. The lowest BCUT2D eigenvalue weighted by Gasteiger charge is -2.25. The minimum Gasteiger partial charge on any atom is -0.493 e. The zero-order chi connectivity index (χ0) is 30.6. The molecule has 1 aliphatic heterocycles. The highest BCUT2D eigenvalue weighted by Crippen LogP contribution is 2.38. The summed E-state index contributed by atoms with van der Waals surface area (Å²) < 4.78 is 29.7. The van der Waals surface area contributed by atoms with Crippen molar-refractivity contribution in [2.45, 2.75) is 39.8 Å². The molecule has 220 valence electrons. The summed E-state index contributed by atoms with van der Waals surface area (Å²) in [6, 6.07) is 7.86. The normalized spacial score (nSPS) is 14.6. The summed E-state index contributed by atoms with van der Waals surface area (Å²) in [6.07, 6.45) is 6.92. The van der Waals surface area contributed by atoms with Crippen LogP contribution in [-0.4, -0.2) is 44.1 Å². The lowest BCUT2D eigenvalue weighted by Crippen LogP contribution is -2.40. The number of aromatic nitrogens is 1. The fraction of sp³-hybridized carbons (Fsp3) is 0.323. The number of benzene rings is 2. The summed E-state index contributed by atoms with van der Waals surface area (Å²) in [6.45, 7) is 7.46. The first-order valence-electron chi connectivity index (χ1n) is 13.1. The SMILES string of the molecule is C#CCOc1c(Cl)cc(C=c2sc3n(c2=O)C(c2ccc(OC(C)C)c(OC)c2)C(C(=O)OCC)=C(C)N=3)cc1OC. The van der Waals surface area contributed by atoms with Crippen LogP contribution >= 0.6 is 22.9 Å². The van der Waals surface area contributed by atoms with E-state index >= 15 is 0 Å². The molecule has 0 amide bonds. The highest BCUT2D eigenvalue weighted by atomic mass is 35.5. The van der Waals surface area contributed by atoms with E-state index in [4.69, 9.17) is 41.7 Å². The first-order valence-corrected chi connectivity index (χ1v) is 14.3. The maximum absolute atomic E-state index is 14.0. The van der Waals surface area contributed by atoms with Crippen LogP contribution in [0.15, 0.2) is 51.4 Å². The van der Waals surface area contributed by atoms with Crippen LogP contribution in [0.4, 0.5) is 0 Å². The Kier molecular flexibility index (Phi) is 9.66. The fourth-order valence-electron chi connectivity index (χ4n) is 4.54. The van der Waals surface area contributed by atoms with E-state index in [0.717, 1.165) is 0 Å². The molecule has 0 radical (unpaired) electrons. The largest absolute Gasteiger partial charge is 0.493 e. The molecule has 11 heteroatoms. The maximum Gasteiger partial charge on any atom is 0.338 e. The second kappa shape index (κ2) is 13.2. The molecule has 0 saturated carbocycles. The molecular formula is C31H31ClN2O7S. The molecule has 42 heavy (non-hydrogen) atoms. The molecule has 2 aromatic carbocycles. The van der Waals surface area contributed by atoms with Gasteiger partial charge in [-0.05, 0) is 69.2 Å². The third-order valence-corrected chi connectivity index (χ3v) is 7.50. The second-order valence-corrected chi connectivity index (χ2v) is 10.8. The fourth-order valence-corrected chi connectivity index (χ4v) is 5.86. The molecule has 0 bridgehead atoms. The topological polar surface area (TPSA) is 97.6 Å². The number of thiazole rings is 1. The zero-order valence-electron chi connectivity index (χ0n) is 24.1. The van der Waals surface area contributed by atoms with Gasteiger partial charge < -0.3 is 23.7 Å². The summed E-state index contributed by atoms with van der Waals surface area (Å²) in [5.41, 5.74) is 1.60. The smallest absolute Gasteiger partial charge is 0.338 e. The van der Waals surface area contributed by atoms with E-state index in [-0.39, 0.29) is 35.5 Å². The van der Waals surface area contributed by atoms with Crippen LogP contribution in [0.2, 0.25) is 5.02 Å². The third kappa shape index (κ3) is 6.17. The molecule has 1 aliphatic rings. The van der Waals surface area contributed by atoms with Crippen molar-refractivity contribution < 1.29 is 28.5 Å². The van der Waals surface area contributed by atoms with Crippen LogP contribution in [0, 0.1) is 12.3 Å². The lowest BCUT2D eigenvalue weighted by molar-refractivity contribution is -0.139. The molecule has 9 nitrogen and oxygen atoms in total. The molecule has 0 fully saturated rings. The van der Waals surface area contributed by atoms with Crippen molar-refractivity contribution in [2.24, 2.45) is 4.99 Å². The predicted octanol–water partition coefficient (Wildman–Crippen LogP) is 4.27. The van der Waals surface area contributed by atoms with Gasteiger partial charge in [0.25, 0.3) is 5.56 Å². The van der Waals surface area contributed by atoms with Crippen LogP contribution in [-0.2, 0) is 9.53 Å². The summed E-state index contributed by atoms with van der Waals surface area (Å²) in [4.78, 5) is 32.3. The summed E-state index contributed by atoms with van der Waals surface area (Å²) in [5.74, 6) is 3.53. The summed E-state index contributed by atoms with van der Waals surface area (Å²) in [5, 5.41) is 0.276.